The van der Waals surface area contributed by atoms with Crippen LogP contribution >= 0.6 is 0 Å². The molecular weight excluding hydrogens is 450 g/mol. The Hall–Kier alpha value is -3.60. The molecular formula is C22H20F2N6O2S. The molecule has 0 spiro atoms. The third-order valence-electron chi connectivity index (χ3n) is 5.78. The maximum atomic E-state index is 15.0. The van der Waals surface area contributed by atoms with E-state index < -0.39 is 21.7 Å². The Balaban J connectivity index is 1.54. The lowest BCUT2D eigenvalue weighted by molar-refractivity contribution is 0.479. The molecule has 2 aromatic heterocycles. The first-order valence-corrected chi connectivity index (χ1v) is 11.9. The molecule has 1 fully saturated rings. The predicted octanol–water partition coefficient (Wildman–Crippen LogP) is 4.27. The number of nitrogens with one attached hydrogen (secondary N) is 1. The zero-order chi connectivity index (χ0) is 23.2. The number of nitrogen functional groups attached to an aromatic ring is 1. The molecule has 0 amide bonds. The summed E-state index contributed by atoms with van der Waals surface area (Å²) in [5.74, 6) is -1.29. The van der Waals surface area contributed by atoms with Crippen molar-refractivity contribution in [3.8, 4) is 11.3 Å². The van der Waals surface area contributed by atoms with Crippen molar-refractivity contribution < 1.29 is 17.2 Å². The Morgan fingerprint density at radius 3 is 2.58 bits per heavy atom. The van der Waals surface area contributed by atoms with Crippen molar-refractivity contribution in [2.75, 3.05) is 10.5 Å². The van der Waals surface area contributed by atoms with Crippen LogP contribution in [0.15, 0.2) is 53.7 Å². The van der Waals surface area contributed by atoms with Gasteiger partial charge in [0.1, 0.15) is 29.5 Å². The fourth-order valence-corrected chi connectivity index (χ4v) is 5.28. The molecule has 0 bridgehead atoms. The van der Waals surface area contributed by atoms with Gasteiger partial charge in [-0.15, -0.1) is 0 Å². The first-order chi connectivity index (χ1) is 15.8. The SMILES string of the molecule is Nc1ncnc2c1c(-c1ccc(NS(=O)(=O)c3cccc(F)c3)c(F)c1)nn2C1CCCC1. The van der Waals surface area contributed by atoms with Crippen molar-refractivity contribution in [3.63, 3.8) is 0 Å². The second-order valence-corrected chi connectivity index (χ2v) is 9.63. The van der Waals surface area contributed by atoms with E-state index in [4.69, 9.17) is 10.8 Å². The maximum Gasteiger partial charge on any atom is 0.262 e. The Labute approximate surface area is 188 Å². The van der Waals surface area contributed by atoms with Crippen molar-refractivity contribution >= 4 is 32.6 Å². The molecule has 33 heavy (non-hydrogen) atoms. The zero-order valence-electron chi connectivity index (χ0n) is 17.4. The van der Waals surface area contributed by atoms with Gasteiger partial charge >= 0.3 is 0 Å². The van der Waals surface area contributed by atoms with Crippen molar-refractivity contribution in [3.05, 3.63) is 60.4 Å². The average molecular weight is 471 g/mol. The van der Waals surface area contributed by atoms with Crippen LogP contribution < -0.4 is 10.5 Å². The molecule has 1 aliphatic carbocycles. The number of anilines is 2. The van der Waals surface area contributed by atoms with E-state index in [0.717, 1.165) is 37.8 Å². The van der Waals surface area contributed by atoms with E-state index in [9.17, 15) is 17.2 Å². The summed E-state index contributed by atoms with van der Waals surface area (Å²) >= 11 is 0. The molecule has 0 aliphatic heterocycles. The van der Waals surface area contributed by atoms with Crippen LogP contribution in [0.4, 0.5) is 20.3 Å². The van der Waals surface area contributed by atoms with Crippen LogP contribution in [0.1, 0.15) is 31.7 Å². The minimum Gasteiger partial charge on any atom is -0.383 e. The van der Waals surface area contributed by atoms with E-state index in [2.05, 4.69) is 14.7 Å². The highest BCUT2D eigenvalue weighted by molar-refractivity contribution is 7.92. The molecule has 2 heterocycles. The lowest BCUT2D eigenvalue weighted by Gasteiger charge is -2.10. The number of nitrogens with zero attached hydrogens (tertiary/aromatic N) is 4. The molecule has 8 nitrogen and oxygen atoms in total. The fraction of sp³-hybridized carbons (Fsp3) is 0.227. The Morgan fingerprint density at radius 2 is 1.85 bits per heavy atom. The normalized spacial score (nSPS) is 14.7. The molecule has 2 aromatic carbocycles. The molecule has 0 unspecified atom stereocenters. The molecule has 1 aliphatic rings. The van der Waals surface area contributed by atoms with Gasteiger partial charge in [0.25, 0.3) is 10.0 Å². The number of benzene rings is 2. The second kappa shape index (κ2) is 8.07. The topological polar surface area (TPSA) is 116 Å². The lowest BCUT2D eigenvalue weighted by Crippen LogP contribution is -2.14. The minimum atomic E-state index is -4.17. The number of nitrogens with two attached hydrogens (primary N) is 1. The van der Waals surface area contributed by atoms with E-state index in [1.807, 2.05) is 4.68 Å². The highest BCUT2D eigenvalue weighted by Gasteiger charge is 2.25. The second-order valence-electron chi connectivity index (χ2n) is 7.95. The van der Waals surface area contributed by atoms with E-state index in [0.29, 0.717) is 22.3 Å². The highest BCUT2D eigenvalue weighted by Crippen LogP contribution is 2.37. The van der Waals surface area contributed by atoms with Gasteiger partial charge in [0.15, 0.2) is 5.65 Å². The first kappa shape index (κ1) is 21.3. The van der Waals surface area contributed by atoms with Crippen LogP contribution in [0.2, 0.25) is 0 Å². The quantitative estimate of drug-likeness (QED) is 0.450. The number of aromatic nitrogens is 4. The van der Waals surface area contributed by atoms with Crippen LogP contribution in [0.5, 0.6) is 0 Å². The van der Waals surface area contributed by atoms with Crippen LogP contribution in [0.25, 0.3) is 22.3 Å². The molecule has 0 radical (unpaired) electrons. The number of hydrogen-bond acceptors (Lipinski definition) is 6. The molecule has 11 heteroatoms. The van der Waals surface area contributed by atoms with Gasteiger partial charge < -0.3 is 5.73 Å². The Kier molecular flexibility index (Phi) is 5.20. The molecule has 4 aromatic rings. The Bertz CT molecular complexity index is 1470. The van der Waals surface area contributed by atoms with Crippen molar-refractivity contribution in [2.45, 2.75) is 36.6 Å². The van der Waals surface area contributed by atoms with Gasteiger partial charge in [-0.05, 0) is 43.2 Å². The van der Waals surface area contributed by atoms with Gasteiger partial charge in [0, 0.05) is 5.56 Å². The lowest BCUT2D eigenvalue weighted by atomic mass is 10.1. The van der Waals surface area contributed by atoms with E-state index in [1.165, 1.54) is 30.6 Å². The van der Waals surface area contributed by atoms with Crippen molar-refractivity contribution in [1.82, 2.24) is 19.7 Å². The van der Waals surface area contributed by atoms with Gasteiger partial charge in [0.2, 0.25) is 0 Å². The summed E-state index contributed by atoms with van der Waals surface area (Å²) in [5, 5.41) is 5.22. The third kappa shape index (κ3) is 3.88. The van der Waals surface area contributed by atoms with Gasteiger partial charge in [-0.2, -0.15) is 5.10 Å². The summed E-state index contributed by atoms with van der Waals surface area (Å²) in [7, 11) is -4.17. The standard InChI is InChI=1S/C22H20F2N6O2S/c23-14-4-3-7-16(11-14)33(31,32)29-18-9-8-13(10-17(18)24)20-19-21(25)26-12-27-22(19)30(28-20)15-5-1-2-6-15/h3-4,7-12,15,29H,1-2,5-6H2,(H2,25,26,27). The summed E-state index contributed by atoms with van der Waals surface area (Å²) in [6.45, 7) is 0. The Morgan fingerprint density at radius 1 is 1.06 bits per heavy atom. The van der Waals surface area contributed by atoms with E-state index in [-0.39, 0.29) is 22.4 Å². The van der Waals surface area contributed by atoms with Crippen molar-refractivity contribution in [2.24, 2.45) is 0 Å². The number of sulfonamides is 1. The van der Waals surface area contributed by atoms with Gasteiger partial charge in [0.05, 0.1) is 22.0 Å². The summed E-state index contributed by atoms with van der Waals surface area (Å²) < 4.78 is 57.5. The zero-order valence-corrected chi connectivity index (χ0v) is 18.2. The number of hydrogen-bond donors (Lipinski definition) is 2. The summed E-state index contributed by atoms with van der Waals surface area (Å²) in [6.07, 6.45) is 5.50. The number of fused-ring (bicyclic) bond motifs is 1. The van der Waals surface area contributed by atoms with Crippen LogP contribution in [-0.2, 0) is 10.0 Å². The molecule has 3 N–H and O–H groups in total. The maximum absolute atomic E-state index is 15.0. The summed E-state index contributed by atoms with van der Waals surface area (Å²) in [5.41, 5.74) is 7.26. The fourth-order valence-electron chi connectivity index (χ4n) is 4.18. The van der Waals surface area contributed by atoms with Gasteiger partial charge in [-0.25, -0.2) is 31.8 Å². The molecule has 0 atom stereocenters. The van der Waals surface area contributed by atoms with Crippen LogP contribution in [-0.4, -0.2) is 28.2 Å². The molecule has 170 valence electrons. The largest absolute Gasteiger partial charge is 0.383 e. The van der Waals surface area contributed by atoms with Crippen molar-refractivity contribution in [1.29, 1.82) is 0 Å². The summed E-state index contributed by atoms with van der Waals surface area (Å²) in [4.78, 5) is 8.11. The predicted molar refractivity (Wildman–Crippen MR) is 120 cm³/mol. The number of halogens is 2. The first-order valence-electron chi connectivity index (χ1n) is 10.4. The van der Waals surface area contributed by atoms with Gasteiger partial charge in [-0.1, -0.05) is 25.0 Å². The van der Waals surface area contributed by atoms with Crippen LogP contribution in [0.3, 0.4) is 0 Å². The summed E-state index contributed by atoms with van der Waals surface area (Å²) in [6, 6.07) is 8.66. The third-order valence-corrected chi connectivity index (χ3v) is 7.15. The molecule has 1 saturated carbocycles. The van der Waals surface area contributed by atoms with E-state index >= 15 is 0 Å². The number of rotatable bonds is 5. The average Bonchev–Trinajstić information content (AvgIpc) is 3.44. The van der Waals surface area contributed by atoms with Gasteiger partial charge in [-0.3, -0.25) is 4.72 Å². The van der Waals surface area contributed by atoms with Crippen LogP contribution in [0, 0.1) is 11.6 Å². The monoisotopic (exact) mass is 470 g/mol. The highest BCUT2D eigenvalue weighted by atomic mass is 32.2. The van der Waals surface area contributed by atoms with E-state index in [1.54, 1.807) is 6.07 Å². The smallest absolute Gasteiger partial charge is 0.262 e. The molecule has 5 rings (SSSR count). The minimum absolute atomic E-state index is 0.178. The molecule has 0 saturated heterocycles.